The number of Topliss-reactive ketones (excluding diaryl/α,β-unsaturated/α-hetero) is 1. The summed E-state index contributed by atoms with van der Waals surface area (Å²) < 4.78 is 9.91. The highest BCUT2D eigenvalue weighted by Gasteiger charge is 2.60. The molecule has 142 valence electrons. The lowest BCUT2D eigenvalue weighted by Crippen LogP contribution is -2.36. The van der Waals surface area contributed by atoms with Gasteiger partial charge in [0.2, 0.25) is 0 Å². The smallest absolute Gasteiger partial charge is 0.407 e. The van der Waals surface area contributed by atoms with Crippen LogP contribution >= 0.6 is 0 Å². The Morgan fingerprint density at radius 1 is 1.19 bits per heavy atom. The first-order chi connectivity index (χ1) is 12.1. The molecule has 1 aromatic carbocycles. The van der Waals surface area contributed by atoms with Crippen molar-refractivity contribution >= 4 is 17.8 Å². The number of aliphatic hydroxyl groups excluding tert-OH is 1. The van der Waals surface area contributed by atoms with Gasteiger partial charge >= 0.3 is 12.1 Å². The van der Waals surface area contributed by atoms with Gasteiger partial charge in [0.25, 0.3) is 0 Å². The summed E-state index contributed by atoms with van der Waals surface area (Å²) in [7, 11) is 1.24. The zero-order chi connectivity index (χ0) is 19.5. The zero-order valence-corrected chi connectivity index (χ0v) is 15.4. The van der Waals surface area contributed by atoms with Crippen LogP contribution in [-0.2, 0) is 14.3 Å². The fraction of sp³-hybridized carbons (Fsp3) is 0.526. The van der Waals surface area contributed by atoms with E-state index in [0.29, 0.717) is 5.56 Å². The fourth-order valence-corrected chi connectivity index (χ4v) is 2.95. The lowest BCUT2D eigenvalue weighted by atomic mass is 10.0. The Kier molecular flexibility index (Phi) is 6.02. The number of ether oxygens (including phenoxy) is 2. The number of hydrogen-bond acceptors (Lipinski definition) is 6. The van der Waals surface area contributed by atoms with Gasteiger partial charge in [-0.25, -0.2) is 4.79 Å². The van der Waals surface area contributed by atoms with Gasteiger partial charge in [0, 0.05) is 17.9 Å². The number of ketones is 1. The molecule has 2 rings (SSSR count). The molecule has 0 bridgehead atoms. The first-order valence-corrected chi connectivity index (χ1v) is 8.47. The van der Waals surface area contributed by atoms with Crippen molar-refractivity contribution in [3.8, 4) is 0 Å². The van der Waals surface area contributed by atoms with Crippen molar-refractivity contribution in [3.63, 3.8) is 0 Å². The molecule has 1 aliphatic rings. The fourth-order valence-electron chi connectivity index (χ4n) is 2.95. The van der Waals surface area contributed by atoms with Crippen LogP contribution < -0.4 is 5.32 Å². The molecule has 1 amide bonds. The van der Waals surface area contributed by atoms with Crippen molar-refractivity contribution in [2.75, 3.05) is 7.11 Å². The molecule has 7 heteroatoms. The molecule has 0 spiro atoms. The van der Waals surface area contributed by atoms with E-state index in [9.17, 15) is 19.5 Å². The molecule has 0 aliphatic heterocycles. The molecule has 0 unspecified atom stereocenters. The SMILES string of the molecule is COC(=O)[C@H]1[C@H](NC(=O)OC(C)(C)C)[C@@H]1[C@@H](O)CC(=O)c1ccccc1. The van der Waals surface area contributed by atoms with Gasteiger partial charge in [0.15, 0.2) is 5.78 Å². The van der Waals surface area contributed by atoms with Gasteiger partial charge in [-0.1, -0.05) is 30.3 Å². The summed E-state index contributed by atoms with van der Waals surface area (Å²) in [6, 6.07) is 7.96. The van der Waals surface area contributed by atoms with E-state index in [-0.39, 0.29) is 12.2 Å². The van der Waals surface area contributed by atoms with Crippen LogP contribution in [0, 0.1) is 11.8 Å². The Morgan fingerprint density at radius 3 is 2.35 bits per heavy atom. The number of esters is 1. The maximum atomic E-state index is 12.3. The second-order valence-electron chi connectivity index (χ2n) is 7.36. The third kappa shape index (κ3) is 5.05. The predicted molar refractivity (Wildman–Crippen MR) is 93.6 cm³/mol. The standard InChI is InChI=1S/C19H25NO6/c1-19(2,3)26-18(24)20-16-14(15(16)17(23)25-4)13(22)10-12(21)11-8-6-5-7-9-11/h5-9,13-16,22H,10H2,1-4H3,(H,20,24)/t13-,14+,15+,16+/m0/s1. The molecular weight excluding hydrogens is 338 g/mol. The highest BCUT2D eigenvalue weighted by Crippen LogP contribution is 2.44. The molecule has 0 saturated heterocycles. The quantitative estimate of drug-likeness (QED) is 0.591. The normalized spacial score (nSPS) is 22.9. The van der Waals surface area contributed by atoms with E-state index in [1.807, 2.05) is 0 Å². The van der Waals surface area contributed by atoms with E-state index in [2.05, 4.69) is 5.32 Å². The van der Waals surface area contributed by atoms with Crippen molar-refractivity contribution in [1.82, 2.24) is 5.32 Å². The number of benzene rings is 1. The Balaban J connectivity index is 2.01. The highest BCUT2D eigenvalue weighted by atomic mass is 16.6. The highest BCUT2D eigenvalue weighted by molar-refractivity contribution is 5.96. The Labute approximate surface area is 152 Å². The van der Waals surface area contributed by atoms with Gasteiger partial charge in [0.05, 0.1) is 25.2 Å². The van der Waals surface area contributed by atoms with E-state index >= 15 is 0 Å². The van der Waals surface area contributed by atoms with E-state index in [0.717, 1.165) is 0 Å². The average molecular weight is 363 g/mol. The molecular formula is C19H25NO6. The molecule has 4 atom stereocenters. The number of carbonyl (C=O) groups excluding carboxylic acids is 3. The maximum absolute atomic E-state index is 12.3. The van der Waals surface area contributed by atoms with Crippen LogP contribution in [0.4, 0.5) is 4.79 Å². The van der Waals surface area contributed by atoms with Gasteiger partial charge < -0.3 is 19.9 Å². The lowest BCUT2D eigenvalue weighted by Gasteiger charge is -2.20. The topological polar surface area (TPSA) is 102 Å². The summed E-state index contributed by atoms with van der Waals surface area (Å²) in [5, 5.41) is 13.0. The molecule has 1 aliphatic carbocycles. The molecule has 0 heterocycles. The van der Waals surface area contributed by atoms with Crippen molar-refractivity contribution in [3.05, 3.63) is 35.9 Å². The first kappa shape index (κ1) is 19.9. The van der Waals surface area contributed by atoms with Crippen LogP contribution in [0.1, 0.15) is 37.6 Å². The molecule has 26 heavy (non-hydrogen) atoms. The number of aliphatic hydroxyl groups is 1. The van der Waals surface area contributed by atoms with Gasteiger partial charge in [-0.05, 0) is 20.8 Å². The number of methoxy groups -OCH3 is 1. The summed E-state index contributed by atoms with van der Waals surface area (Å²) in [5.41, 5.74) is -0.199. The van der Waals surface area contributed by atoms with E-state index in [1.54, 1.807) is 51.1 Å². The van der Waals surface area contributed by atoms with Crippen LogP contribution in [0.3, 0.4) is 0 Å². The molecule has 1 fully saturated rings. The summed E-state index contributed by atoms with van der Waals surface area (Å²) in [4.78, 5) is 36.1. The Morgan fingerprint density at radius 2 is 1.81 bits per heavy atom. The number of hydrogen-bond donors (Lipinski definition) is 2. The molecule has 7 nitrogen and oxygen atoms in total. The molecule has 1 saturated carbocycles. The van der Waals surface area contributed by atoms with Gasteiger partial charge in [-0.15, -0.1) is 0 Å². The molecule has 0 aromatic heterocycles. The summed E-state index contributed by atoms with van der Waals surface area (Å²) in [6.07, 6.45) is -1.90. The zero-order valence-electron chi connectivity index (χ0n) is 15.4. The molecule has 0 radical (unpaired) electrons. The van der Waals surface area contributed by atoms with Crippen molar-refractivity contribution in [2.45, 2.75) is 44.9 Å². The van der Waals surface area contributed by atoms with E-state index in [4.69, 9.17) is 9.47 Å². The first-order valence-electron chi connectivity index (χ1n) is 8.47. The molecule has 2 N–H and O–H groups in total. The lowest BCUT2D eigenvalue weighted by molar-refractivity contribution is -0.143. The Bertz CT molecular complexity index is 666. The van der Waals surface area contributed by atoms with Gasteiger partial charge in [-0.2, -0.15) is 0 Å². The van der Waals surface area contributed by atoms with Gasteiger partial charge in [-0.3, -0.25) is 9.59 Å². The van der Waals surface area contributed by atoms with Crippen LogP contribution in [0.15, 0.2) is 30.3 Å². The van der Waals surface area contributed by atoms with Crippen LogP contribution in [0.5, 0.6) is 0 Å². The predicted octanol–water partition coefficient (Wildman–Crippen LogP) is 1.93. The van der Waals surface area contributed by atoms with Gasteiger partial charge in [0.1, 0.15) is 5.60 Å². The van der Waals surface area contributed by atoms with Crippen LogP contribution in [-0.4, -0.2) is 47.8 Å². The van der Waals surface area contributed by atoms with Crippen molar-refractivity contribution < 1.29 is 29.0 Å². The van der Waals surface area contributed by atoms with Crippen molar-refractivity contribution in [1.29, 1.82) is 0 Å². The average Bonchev–Trinajstić information content (AvgIpc) is 3.26. The van der Waals surface area contributed by atoms with Crippen LogP contribution in [0.25, 0.3) is 0 Å². The number of carbonyl (C=O) groups is 3. The number of nitrogens with one attached hydrogen (secondary N) is 1. The van der Waals surface area contributed by atoms with E-state index < -0.39 is 41.6 Å². The Hall–Kier alpha value is -2.41. The third-order valence-electron chi connectivity index (χ3n) is 4.17. The third-order valence-corrected chi connectivity index (χ3v) is 4.17. The van der Waals surface area contributed by atoms with Crippen molar-refractivity contribution in [2.24, 2.45) is 11.8 Å². The second kappa shape index (κ2) is 7.86. The largest absolute Gasteiger partial charge is 0.469 e. The number of alkyl carbamates (subject to hydrolysis) is 1. The summed E-state index contributed by atoms with van der Waals surface area (Å²) >= 11 is 0. The summed E-state index contributed by atoms with van der Waals surface area (Å²) in [6.45, 7) is 5.17. The molecule has 1 aromatic rings. The van der Waals surface area contributed by atoms with Crippen LogP contribution in [0.2, 0.25) is 0 Å². The minimum atomic E-state index is -1.08. The number of amides is 1. The second-order valence-corrected chi connectivity index (χ2v) is 7.36. The maximum Gasteiger partial charge on any atom is 0.407 e. The van der Waals surface area contributed by atoms with E-state index in [1.165, 1.54) is 7.11 Å². The summed E-state index contributed by atoms with van der Waals surface area (Å²) in [5.74, 6) is -2.07. The minimum absolute atomic E-state index is 0.144. The monoisotopic (exact) mass is 363 g/mol. The number of rotatable bonds is 6. The minimum Gasteiger partial charge on any atom is -0.469 e.